The van der Waals surface area contributed by atoms with E-state index in [1.807, 2.05) is 18.7 Å². The fourth-order valence-corrected chi connectivity index (χ4v) is 5.69. The van der Waals surface area contributed by atoms with E-state index in [1.165, 1.54) is 11.5 Å². The zero-order chi connectivity index (χ0) is 14.5. The summed E-state index contributed by atoms with van der Waals surface area (Å²) in [6.45, 7) is 5.31. The molecule has 0 amide bonds. The average Bonchev–Trinajstić information content (AvgIpc) is 3.12. The Morgan fingerprint density at radius 3 is 2.45 bits per heavy atom. The fraction of sp³-hybridized carbons (Fsp3) is 0.750. The van der Waals surface area contributed by atoms with Crippen molar-refractivity contribution in [2.75, 3.05) is 23.7 Å². The zero-order valence-electron chi connectivity index (χ0n) is 11.6. The summed E-state index contributed by atoms with van der Waals surface area (Å²) in [4.78, 5) is 2.29. The maximum Gasteiger partial charge on any atom is 0.187 e. The number of anilines is 2. The first-order chi connectivity index (χ1) is 9.39. The number of hydrogen-bond donors (Lipinski definition) is 1. The molecule has 112 valence electrons. The standard InChI is InChI=1S/C12H19N3O3S2/c1-7-5-15(6-8(2)18-7)12-10(11(13)14-19-12)20(16,17)9-3-4-9/h7-9H,3-6H2,1-2H3,(H2,13,14). The van der Waals surface area contributed by atoms with Gasteiger partial charge in [0.25, 0.3) is 0 Å². The van der Waals surface area contributed by atoms with Gasteiger partial charge in [0, 0.05) is 13.1 Å². The van der Waals surface area contributed by atoms with Crippen molar-refractivity contribution in [1.82, 2.24) is 4.37 Å². The summed E-state index contributed by atoms with van der Waals surface area (Å²) in [5.41, 5.74) is 5.83. The van der Waals surface area contributed by atoms with E-state index < -0.39 is 9.84 Å². The number of hydrogen-bond acceptors (Lipinski definition) is 7. The Morgan fingerprint density at radius 2 is 1.90 bits per heavy atom. The van der Waals surface area contributed by atoms with E-state index in [2.05, 4.69) is 4.37 Å². The molecular formula is C12H19N3O3S2. The maximum atomic E-state index is 12.5. The fourth-order valence-electron chi connectivity index (χ4n) is 2.64. The largest absolute Gasteiger partial charge is 0.382 e. The van der Waals surface area contributed by atoms with Gasteiger partial charge in [-0.25, -0.2) is 8.42 Å². The molecule has 1 aromatic rings. The highest BCUT2D eigenvalue weighted by Crippen LogP contribution is 2.43. The highest BCUT2D eigenvalue weighted by atomic mass is 32.2. The van der Waals surface area contributed by atoms with Gasteiger partial charge in [0.15, 0.2) is 15.7 Å². The summed E-state index contributed by atoms with van der Waals surface area (Å²) in [5.74, 6) is 0.142. The van der Waals surface area contributed by atoms with Crippen molar-refractivity contribution in [2.24, 2.45) is 0 Å². The molecule has 0 radical (unpaired) electrons. The molecule has 2 aliphatic rings. The number of nitrogens with two attached hydrogens (primary N) is 1. The minimum atomic E-state index is -3.33. The quantitative estimate of drug-likeness (QED) is 0.904. The van der Waals surface area contributed by atoms with Crippen LogP contribution in [0.1, 0.15) is 26.7 Å². The molecule has 1 saturated carbocycles. The van der Waals surface area contributed by atoms with Crippen LogP contribution in [0.4, 0.5) is 10.8 Å². The van der Waals surface area contributed by atoms with Crippen LogP contribution in [-0.2, 0) is 14.6 Å². The van der Waals surface area contributed by atoms with E-state index in [1.54, 1.807) is 0 Å². The lowest BCUT2D eigenvalue weighted by Crippen LogP contribution is -2.45. The van der Waals surface area contributed by atoms with Crippen LogP contribution in [0.5, 0.6) is 0 Å². The van der Waals surface area contributed by atoms with E-state index in [4.69, 9.17) is 10.5 Å². The van der Waals surface area contributed by atoms with Crippen molar-refractivity contribution in [3.8, 4) is 0 Å². The monoisotopic (exact) mass is 317 g/mol. The van der Waals surface area contributed by atoms with Crippen LogP contribution in [0.3, 0.4) is 0 Å². The second kappa shape index (κ2) is 4.85. The Balaban J connectivity index is 1.98. The molecule has 1 saturated heterocycles. The van der Waals surface area contributed by atoms with Crippen molar-refractivity contribution < 1.29 is 13.2 Å². The van der Waals surface area contributed by atoms with Crippen LogP contribution in [0.25, 0.3) is 0 Å². The second-order valence-electron chi connectivity index (χ2n) is 5.61. The molecule has 1 aliphatic heterocycles. The lowest BCUT2D eigenvalue weighted by atomic mass is 10.2. The summed E-state index contributed by atoms with van der Waals surface area (Å²) in [6, 6.07) is 0. The Morgan fingerprint density at radius 1 is 1.30 bits per heavy atom. The smallest absolute Gasteiger partial charge is 0.187 e. The molecule has 20 heavy (non-hydrogen) atoms. The van der Waals surface area contributed by atoms with Crippen molar-refractivity contribution in [2.45, 2.75) is 49.0 Å². The number of nitrogen functional groups attached to an aromatic ring is 1. The number of nitrogens with zero attached hydrogens (tertiary/aromatic N) is 2. The van der Waals surface area contributed by atoms with Crippen LogP contribution < -0.4 is 10.6 Å². The molecule has 2 unspecified atom stereocenters. The van der Waals surface area contributed by atoms with Crippen molar-refractivity contribution >= 4 is 32.2 Å². The molecule has 8 heteroatoms. The SMILES string of the molecule is CC1CN(c2snc(N)c2S(=O)(=O)C2CC2)CC(C)O1. The third kappa shape index (κ3) is 2.40. The van der Waals surface area contributed by atoms with E-state index in [9.17, 15) is 8.42 Å². The third-order valence-corrected chi connectivity index (χ3v) is 6.98. The van der Waals surface area contributed by atoms with Gasteiger partial charge in [-0.2, -0.15) is 4.37 Å². The molecule has 0 bridgehead atoms. The van der Waals surface area contributed by atoms with Gasteiger partial charge in [0.2, 0.25) is 0 Å². The van der Waals surface area contributed by atoms with Crippen LogP contribution in [-0.4, -0.2) is 43.3 Å². The molecule has 2 fully saturated rings. The van der Waals surface area contributed by atoms with E-state index in [0.29, 0.717) is 18.1 Å². The van der Waals surface area contributed by atoms with Crippen molar-refractivity contribution in [3.63, 3.8) is 0 Å². The number of ether oxygens (including phenoxy) is 1. The van der Waals surface area contributed by atoms with Gasteiger partial charge < -0.3 is 15.4 Å². The van der Waals surface area contributed by atoms with Crippen LogP contribution in [0.2, 0.25) is 0 Å². The third-order valence-electron chi connectivity index (χ3n) is 3.61. The Bertz CT molecular complexity index is 599. The Labute approximate surface area is 123 Å². The summed E-state index contributed by atoms with van der Waals surface area (Å²) in [6.07, 6.45) is 1.59. The topological polar surface area (TPSA) is 85.5 Å². The summed E-state index contributed by atoms with van der Waals surface area (Å²) >= 11 is 1.18. The molecule has 2 N–H and O–H groups in total. The lowest BCUT2D eigenvalue weighted by Gasteiger charge is -2.36. The lowest BCUT2D eigenvalue weighted by molar-refractivity contribution is -0.00514. The van der Waals surface area contributed by atoms with Crippen LogP contribution >= 0.6 is 11.5 Å². The normalized spacial score (nSPS) is 27.8. The predicted molar refractivity (Wildman–Crippen MR) is 79.0 cm³/mol. The molecule has 3 rings (SSSR count). The van der Waals surface area contributed by atoms with Gasteiger partial charge in [0.1, 0.15) is 9.90 Å². The van der Waals surface area contributed by atoms with E-state index >= 15 is 0 Å². The first-order valence-corrected chi connectivity index (χ1v) is 9.11. The number of aromatic nitrogens is 1. The Kier molecular flexibility index (Phi) is 3.42. The van der Waals surface area contributed by atoms with Gasteiger partial charge >= 0.3 is 0 Å². The van der Waals surface area contributed by atoms with E-state index in [0.717, 1.165) is 12.8 Å². The van der Waals surface area contributed by atoms with Gasteiger partial charge in [-0.1, -0.05) is 0 Å². The van der Waals surface area contributed by atoms with Gasteiger partial charge in [-0.15, -0.1) is 0 Å². The van der Waals surface area contributed by atoms with Crippen molar-refractivity contribution in [1.29, 1.82) is 0 Å². The van der Waals surface area contributed by atoms with Crippen LogP contribution in [0.15, 0.2) is 4.90 Å². The molecular weight excluding hydrogens is 298 g/mol. The molecule has 0 aromatic carbocycles. The minimum Gasteiger partial charge on any atom is -0.382 e. The van der Waals surface area contributed by atoms with Crippen LogP contribution in [0, 0.1) is 0 Å². The molecule has 6 nitrogen and oxygen atoms in total. The molecule has 2 atom stereocenters. The molecule has 0 spiro atoms. The van der Waals surface area contributed by atoms with E-state index in [-0.39, 0.29) is 28.2 Å². The minimum absolute atomic E-state index is 0.0681. The van der Waals surface area contributed by atoms with Gasteiger partial charge in [-0.3, -0.25) is 0 Å². The molecule has 1 aliphatic carbocycles. The number of morpholine rings is 1. The van der Waals surface area contributed by atoms with Gasteiger partial charge in [0.05, 0.1) is 17.5 Å². The average molecular weight is 317 g/mol. The summed E-state index contributed by atoms with van der Waals surface area (Å²) in [5, 5.41) is 0.409. The first kappa shape index (κ1) is 14.1. The van der Waals surface area contributed by atoms with Crippen molar-refractivity contribution in [3.05, 3.63) is 0 Å². The highest BCUT2D eigenvalue weighted by molar-refractivity contribution is 7.92. The number of sulfone groups is 1. The molecule has 2 heterocycles. The zero-order valence-corrected chi connectivity index (χ0v) is 13.2. The predicted octanol–water partition coefficient (Wildman–Crippen LogP) is 1.28. The first-order valence-electron chi connectivity index (χ1n) is 6.79. The second-order valence-corrected chi connectivity index (χ2v) is 8.53. The maximum absolute atomic E-state index is 12.5. The van der Waals surface area contributed by atoms with Gasteiger partial charge in [-0.05, 0) is 38.2 Å². The molecule has 1 aromatic heterocycles. The summed E-state index contributed by atoms with van der Waals surface area (Å²) < 4.78 is 34.8. The number of rotatable bonds is 3. The Hall–Kier alpha value is -0.860. The highest BCUT2D eigenvalue weighted by Gasteiger charge is 2.42. The summed E-state index contributed by atoms with van der Waals surface area (Å²) in [7, 11) is -3.33.